The lowest BCUT2D eigenvalue weighted by atomic mass is 10.3. The lowest BCUT2D eigenvalue weighted by molar-refractivity contribution is -0.126. The summed E-state index contributed by atoms with van der Waals surface area (Å²) in [6.45, 7) is 4.90. The maximum atomic E-state index is 11.5. The Kier molecular flexibility index (Phi) is 3.32. The number of amides is 1. The van der Waals surface area contributed by atoms with Crippen molar-refractivity contribution in [2.75, 3.05) is 6.54 Å². The molecule has 0 spiro atoms. The fourth-order valence-corrected chi connectivity index (χ4v) is 1.34. The number of hydrogen-bond acceptors (Lipinski definition) is 1. The average Bonchev–Trinajstić information content (AvgIpc) is 2.83. The van der Waals surface area contributed by atoms with Crippen LogP contribution in [0, 0.1) is 0 Å². The highest BCUT2D eigenvalue weighted by atomic mass is 16.2. The van der Waals surface area contributed by atoms with Crippen LogP contribution in [0.4, 0.5) is 0 Å². The van der Waals surface area contributed by atoms with E-state index in [0.717, 1.165) is 13.0 Å². The number of nitrogens with zero attached hydrogens (tertiary/aromatic N) is 1. The van der Waals surface area contributed by atoms with E-state index < -0.39 is 0 Å². The van der Waals surface area contributed by atoms with Gasteiger partial charge < -0.3 is 4.90 Å². The Bertz CT molecular complexity index is 182. The molecular formula is C10H17NO. The van der Waals surface area contributed by atoms with Crippen molar-refractivity contribution in [3.8, 4) is 0 Å². The van der Waals surface area contributed by atoms with Gasteiger partial charge in [-0.05, 0) is 32.3 Å². The van der Waals surface area contributed by atoms with Crippen LogP contribution in [0.1, 0.15) is 33.1 Å². The molecule has 1 saturated carbocycles. The third-order valence-corrected chi connectivity index (χ3v) is 2.04. The largest absolute Gasteiger partial charge is 0.336 e. The van der Waals surface area contributed by atoms with Gasteiger partial charge in [-0.15, -0.1) is 0 Å². The molecule has 0 heterocycles. The molecule has 2 heteroatoms. The second-order valence-electron chi connectivity index (χ2n) is 3.26. The summed E-state index contributed by atoms with van der Waals surface area (Å²) in [7, 11) is 0. The van der Waals surface area contributed by atoms with Gasteiger partial charge in [0.05, 0.1) is 0 Å². The Balaban J connectivity index is 2.45. The average molecular weight is 167 g/mol. The van der Waals surface area contributed by atoms with Gasteiger partial charge in [0, 0.05) is 12.6 Å². The fourth-order valence-electron chi connectivity index (χ4n) is 1.34. The molecule has 2 nitrogen and oxygen atoms in total. The van der Waals surface area contributed by atoms with Crippen molar-refractivity contribution < 1.29 is 4.79 Å². The summed E-state index contributed by atoms with van der Waals surface area (Å²) in [5, 5.41) is 0. The molecule has 0 N–H and O–H groups in total. The molecular weight excluding hydrogens is 150 g/mol. The highest BCUT2D eigenvalue weighted by molar-refractivity contribution is 5.87. The van der Waals surface area contributed by atoms with Crippen LogP contribution in [0.5, 0.6) is 0 Å². The smallest absolute Gasteiger partial charge is 0.246 e. The van der Waals surface area contributed by atoms with Gasteiger partial charge in [0.2, 0.25) is 5.91 Å². The molecule has 0 bridgehead atoms. The van der Waals surface area contributed by atoms with Crippen molar-refractivity contribution in [2.45, 2.75) is 39.2 Å². The molecule has 0 aromatic carbocycles. The number of carbonyl (C=O) groups excluding carboxylic acids is 1. The van der Waals surface area contributed by atoms with E-state index in [4.69, 9.17) is 0 Å². The van der Waals surface area contributed by atoms with E-state index in [-0.39, 0.29) is 5.91 Å². The first-order chi connectivity index (χ1) is 5.79. The minimum Gasteiger partial charge on any atom is -0.336 e. The lowest BCUT2D eigenvalue weighted by Crippen LogP contribution is -2.32. The van der Waals surface area contributed by atoms with Crippen molar-refractivity contribution in [1.82, 2.24) is 4.90 Å². The van der Waals surface area contributed by atoms with E-state index in [9.17, 15) is 4.79 Å². The Labute approximate surface area is 74.2 Å². The summed E-state index contributed by atoms with van der Waals surface area (Å²) in [4.78, 5) is 13.4. The van der Waals surface area contributed by atoms with E-state index >= 15 is 0 Å². The van der Waals surface area contributed by atoms with Crippen LogP contribution >= 0.6 is 0 Å². The third-order valence-electron chi connectivity index (χ3n) is 2.04. The quantitative estimate of drug-likeness (QED) is 0.586. The molecule has 1 rings (SSSR count). The van der Waals surface area contributed by atoms with E-state index in [1.165, 1.54) is 12.8 Å². The molecule has 1 fully saturated rings. The Hall–Kier alpha value is -0.790. The van der Waals surface area contributed by atoms with Crippen LogP contribution in [0.3, 0.4) is 0 Å². The van der Waals surface area contributed by atoms with Crippen molar-refractivity contribution in [2.24, 2.45) is 0 Å². The molecule has 1 aliphatic carbocycles. The van der Waals surface area contributed by atoms with Gasteiger partial charge in [0.25, 0.3) is 0 Å². The zero-order valence-corrected chi connectivity index (χ0v) is 7.92. The molecule has 12 heavy (non-hydrogen) atoms. The minimum absolute atomic E-state index is 0.182. The van der Waals surface area contributed by atoms with Crippen molar-refractivity contribution in [1.29, 1.82) is 0 Å². The lowest BCUT2D eigenvalue weighted by Gasteiger charge is -2.19. The zero-order valence-electron chi connectivity index (χ0n) is 7.92. The highest BCUT2D eigenvalue weighted by Gasteiger charge is 2.30. The van der Waals surface area contributed by atoms with Gasteiger partial charge >= 0.3 is 0 Å². The Morgan fingerprint density at radius 1 is 1.58 bits per heavy atom. The second-order valence-corrected chi connectivity index (χ2v) is 3.26. The topological polar surface area (TPSA) is 20.3 Å². The molecule has 0 aromatic heterocycles. The van der Waals surface area contributed by atoms with Gasteiger partial charge in [0.1, 0.15) is 0 Å². The number of hydrogen-bond donors (Lipinski definition) is 0. The van der Waals surface area contributed by atoms with Gasteiger partial charge in [-0.1, -0.05) is 13.0 Å². The number of rotatable bonds is 4. The van der Waals surface area contributed by atoms with Crippen LogP contribution in [0.15, 0.2) is 12.2 Å². The molecule has 0 radical (unpaired) electrons. The summed E-state index contributed by atoms with van der Waals surface area (Å²) in [6, 6.07) is 0.550. The summed E-state index contributed by atoms with van der Waals surface area (Å²) in [6.07, 6.45) is 6.92. The summed E-state index contributed by atoms with van der Waals surface area (Å²) in [5.41, 5.74) is 0. The Morgan fingerprint density at radius 3 is 2.67 bits per heavy atom. The monoisotopic (exact) mass is 167 g/mol. The van der Waals surface area contributed by atoms with Crippen molar-refractivity contribution in [3.63, 3.8) is 0 Å². The van der Waals surface area contributed by atoms with Gasteiger partial charge in [0.15, 0.2) is 0 Å². The normalized spacial score (nSPS) is 16.8. The molecule has 0 aromatic rings. The van der Waals surface area contributed by atoms with Crippen LogP contribution in [0.25, 0.3) is 0 Å². The first-order valence-electron chi connectivity index (χ1n) is 4.73. The predicted molar refractivity (Wildman–Crippen MR) is 49.8 cm³/mol. The molecule has 0 unspecified atom stereocenters. The summed E-state index contributed by atoms with van der Waals surface area (Å²) in [5.74, 6) is 0.182. The summed E-state index contributed by atoms with van der Waals surface area (Å²) >= 11 is 0. The summed E-state index contributed by atoms with van der Waals surface area (Å²) < 4.78 is 0. The highest BCUT2D eigenvalue weighted by Crippen LogP contribution is 2.27. The standard InChI is InChI=1S/C10H17NO/c1-3-5-10(12)11(8-4-2)9-6-7-9/h3,5,9H,4,6-8H2,1-2H3. The van der Waals surface area contributed by atoms with E-state index in [2.05, 4.69) is 6.92 Å². The van der Waals surface area contributed by atoms with Crippen LogP contribution in [-0.2, 0) is 4.79 Å². The molecule has 1 amide bonds. The maximum Gasteiger partial charge on any atom is 0.246 e. The molecule has 0 aliphatic heterocycles. The minimum atomic E-state index is 0.182. The zero-order chi connectivity index (χ0) is 8.97. The first kappa shape index (κ1) is 9.30. The van der Waals surface area contributed by atoms with Gasteiger partial charge in [-0.25, -0.2) is 0 Å². The third kappa shape index (κ3) is 2.36. The first-order valence-corrected chi connectivity index (χ1v) is 4.73. The molecule has 1 aliphatic rings. The van der Waals surface area contributed by atoms with Gasteiger partial charge in [-0.3, -0.25) is 4.79 Å². The SMILES string of the molecule is CC=CC(=O)N(CCC)C1CC1. The van der Waals surface area contributed by atoms with E-state index in [1.807, 2.05) is 17.9 Å². The molecule has 0 saturated heterocycles. The molecule has 68 valence electrons. The molecule has 0 atom stereocenters. The van der Waals surface area contributed by atoms with Gasteiger partial charge in [-0.2, -0.15) is 0 Å². The van der Waals surface area contributed by atoms with E-state index in [0.29, 0.717) is 6.04 Å². The number of carbonyl (C=O) groups is 1. The van der Waals surface area contributed by atoms with E-state index in [1.54, 1.807) is 6.08 Å². The maximum absolute atomic E-state index is 11.5. The van der Waals surface area contributed by atoms with Crippen LogP contribution in [0.2, 0.25) is 0 Å². The predicted octanol–water partition coefficient (Wildman–Crippen LogP) is 1.96. The van der Waals surface area contributed by atoms with Crippen LogP contribution < -0.4 is 0 Å². The number of allylic oxidation sites excluding steroid dienone is 1. The van der Waals surface area contributed by atoms with Crippen molar-refractivity contribution >= 4 is 5.91 Å². The second kappa shape index (κ2) is 4.29. The fraction of sp³-hybridized carbons (Fsp3) is 0.700. The Morgan fingerprint density at radius 2 is 2.25 bits per heavy atom. The van der Waals surface area contributed by atoms with Crippen molar-refractivity contribution in [3.05, 3.63) is 12.2 Å². The van der Waals surface area contributed by atoms with Crippen LogP contribution in [-0.4, -0.2) is 23.4 Å².